The van der Waals surface area contributed by atoms with Crippen molar-refractivity contribution in [2.24, 2.45) is 12.8 Å². The molecule has 3 rings (SSSR count). The minimum atomic E-state index is -0.507. The Bertz CT molecular complexity index is 785. The summed E-state index contributed by atoms with van der Waals surface area (Å²) in [6.45, 7) is 2.02. The molecule has 2 N–H and O–H groups in total. The maximum absolute atomic E-state index is 12.8. The van der Waals surface area contributed by atoms with Crippen LogP contribution < -0.4 is 5.73 Å². The van der Waals surface area contributed by atoms with Crippen molar-refractivity contribution in [1.29, 1.82) is 0 Å². The third kappa shape index (κ3) is 3.56. The number of aromatic nitrogens is 2. The Morgan fingerprint density at radius 2 is 2.00 bits per heavy atom. The molecular weight excluding hydrogens is 318 g/mol. The van der Waals surface area contributed by atoms with Crippen molar-refractivity contribution >= 4 is 11.8 Å². The van der Waals surface area contributed by atoms with Crippen LogP contribution in [0.5, 0.6) is 0 Å². The van der Waals surface area contributed by atoms with Crippen LogP contribution in [0.3, 0.4) is 0 Å². The molecular formula is C18H23N5O2. The van der Waals surface area contributed by atoms with Crippen LogP contribution in [0.25, 0.3) is 0 Å². The third-order valence-corrected chi connectivity index (χ3v) is 4.78. The van der Waals surface area contributed by atoms with Gasteiger partial charge in [0.25, 0.3) is 0 Å². The van der Waals surface area contributed by atoms with Crippen molar-refractivity contribution in [2.75, 3.05) is 26.7 Å². The molecule has 1 aromatic heterocycles. The van der Waals surface area contributed by atoms with E-state index in [0.29, 0.717) is 24.2 Å². The summed E-state index contributed by atoms with van der Waals surface area (Å²) in [6.07, 6.45) is 3.86. The summed E-state index contributed by atoms with van der Waals surface area (Å²) >= 11 is 0. The number of aryl methyl sites for hydroxylation is 1. The number of primary amides is 1. The van der Waals surface area contributed by atoms with Gasteiger partial charge in [-0.05, 0) is 18.7 Å². The quantitative estimate of drug-likeness (QED) is 0.881. The zero-order valence-electron chi connectivity index (χ0n) is 14.6. The second kappa shape index (κ2) is 7.06. The van der Waals surface area contributed by atoms with Crippen LogP contribution in [0, 0.1) is 0 Å². The largest absolute Gasteiger partial charge is 0.366 e. The number of piperazine rings is 1. The summed E-state index contributed by atoms with van der Waals surface area (Å²) in [6, 6.07) is 7.07. The van der Waals surface area contributed by atoms with Gasteiger partial charge in [-0.15, -0.1) is 0 Å². The van der Waals surface area contributed by atoms with E-state index in [4.69, 9.17) is 5.73 Å². The van der Waals surface area contributed by atoms with Crippen molar-refractivity contribution in [3.63, 3.8) is 0 Å². The fourth-order valence-electron chi connectivity index (χ4n) is 3.27. The first-order valence-electron chi connectivity index (χ1n) is 8.30. The van der Waals surface area contributed by atoms with Crippen LogP contribution in [0.15, 0.2) is 36.7 Å². The van der Waals surface area contributed by atoms with E-state index in [1.165, 1.54) is 0 Å². The van der Waals surface area contributed by atoms with Gasteiger partial charge >= 0.3 is 0 Å². The number of amides is 2. The number of hydrogen-bond acceptors (Lipinski definition) is 4. The van der Waals surface area contributed by atoms with Gasteiger partial charge in [-0.3, -0.25) is 14.5 Å². The molecule has 1 aromatic carbocycles. The molecule has 1 fully saturated rings. The van der Waals surface area contributed by atoms with Crippen molar-refractivity contribution < 1.29 is 9.59 Å². The smallest absolute Gasteiger partial charge is 0.248 e. The second-order valence-electron chi connectivity index (χ2n) is 6.43. The van der Waals surface area contributed by atoms with E-state index in [1.54, 1.807) is 24.4 Å². The van der Waals surface area contributed by atoms with Gasteiger partial charge in [0.1, 0.15) is 5.82 Å². The lowest BCUT2D eigenvalue weighted by Gasteiger charge is -2.39. The zero-order chi connectivity index (χ0) is 18.0. The second-order valence-corrected chi connectivity index (χ2v) is 6.43. The molecule has 0 radical (unpaired) electrons. The first-order valence-corrected chi connectivity index (χ1v) is 8.30. The maximum Gasteiger partial charge on any atom is 0.248 e. The van der Waals surface area contributed by atoms with Crippen molar-refractivity contribution in [3.05, 3.63) is 53.6 Å². The normalized spacial score (nSPS) is 18.3. The van der Waals surface area contributed by atoms with Crippen LogP contribution in [-0.2, 0) is 18.3 Å². The summed E-state index contributed by atoms with van der Waals surface area (Å²) < 4.78 is 1.98. The standard InChI is InChI=1S/C18H23N5O2/c1-21-9-10-23(12-15(21)18-20-7-8-22(18)2)16(24)11-13-5-3-4-6-14(13)17(19)25/h3-8,15H,9-12H2,1-2H3,(H2,19,25). The molecule has 0 spiro atoms. The van der Waals surface area contributed by atoms with E-state index in [0.717, 1.165) is 12.4 Å². The Morgan fingerprint density at radius 1 is 1.24 bits per heavy atom. The maximum atomic E-state index is 12.8. The van der Waals surface area contributed by atoms with Crippen LogP contribution in [-0.4, -0.2) is 57.8 Å². The first kappa shape index (κ1) is 17.2. The lowest BCUT2D eigenvalue weighted by molar-refractivity contribution is -0.133. The molecule has 1 aliphatic rings. The Balaban J connectivity index is 1.75. The minimum absolute atomic E-state index is 0.000934. The van der Waals surface area contributed by atoms with Crippen LogP contribution >= 0.6 is 0 Å². The van der Waals surface area contributed by atoms with Crippen molar-refractivity contribution in [1.82, 2.24) is 19.4 Å². The van der Waals surface area contributed by atoms with Crippen LogP contribution in [0.4, 0.5) is 0 Å². The fraction of sp³-hybridized carbons (Fsp3) is 0.389. The van der Waals surface area contributed by atoms with Gasteiger partial charge in [0.05, 0.1) is 12.5 Å². The molecule has 7 heteroatoms. The highest BCUT2D eigenvalue weighted by Crippen LogP contribution is 2.23. The number of carbonyl (C=O) groups is 2. The SMILES string of the molecule is CN1CCN(C(=O)Cc2ccccc2C(N)=O)CC1c1nccn1C. The highest BCUT2D eigenvalue weighted by molar-refractivity contribution is 5.95. The first-order chi connectivity index (χ1) is 12.0. The van der Waals surface area contributed by atoms with Crippen molar-refractivity contribution in [2.45, 2.75) is 12.5 Å². The molecule has 132 valence electrons. The zero-order valence-corrected chi connectivity index (χ0v) is 14.6. The number of nitrogens with zero attached hydrogens (tertiary/aromatic N) is 4. The molecule has 0 saturated carbocycles. The Kier molecular flexibility index (Phi) is 4.85. The van der Waals surface area contributed by atoms with E-state index in [2.05, 4.69) is 9.88 Å². The number of imidazole rings is 1. The van der Waals surface area contributed by atoms with Gasteiger partial charge in [0, 0.05) is 44.6 Å². The third-order valence-electron chi connectivity index (χ3n) is 4.78. The van der Waals surface area contributed by atoms with Gasteiger partial charge in [-0.25, -0.2) is 4.98 Å². The van der Waals surface area contributed by atoms with E-state index >= 15 is 0 Å². The molecule has 0 aliphatic carbocycles. The predicted octanol–water partition coefficient (Wildman–Crippen LogP) is 0.577. The number of hydrogen-bond donors (Lipinski definition) is 1. The van der Waals surface area contributed by atoms with E-state index in [9.17, 15) is 9.59 Å². The van der Waals surface area contributed by atoms with Crippen LogP contribution in [0.2, 0.25) is 0 Å². The number of carbonyl (C=O) groups excluding carboxylic acids is 2. The highest BCUT2D eigenvalue weighted by Gasteiger charge is 2.30. The topological polar surface area (TPSA) is 84.5 Å². The summed E-state index contributed by atoms with van der Waals surface area (Å²) in [7, 11) is 4.00. The molecule has 0 bridgehead atoms. The van der Waals surface area contributed by atoms with E-state index in [1.807, 2.05) is 35.8 Å². The van der Waals surface area contributed by atoms with E-state index < -0.39 is 5.91 Å². The minimum Gasteiger partial charge on any atom is -0.366 e. The molecule has 1 atom stereocenters. The number of likely N-dealkylation sites (N-methyl/N-ethyl adjacent to an activating group) is 1. The number of rotatable bonds is 4. The monoisotopic (exact) mass is 341 g/mol. The summed E-state index contributed by atoms with van der Waals surface area (Å²) in [5.41, 5.74) is 6.49. The summed E-state index contributed by atoms with van der Waals surface area (Å²) in [5.74, 6) is 0.436. The Morgan fingerprint density at radius 3 is 2.68 bits per heavy atom. The van der Waals surface area contributed by atoms with Gasteiger partial charge in [0.2, 0.25) is 11.8 Å². The summed E-state index contributed by atoms with van der Waals surface area (Å²) in [4.78, 5) is 32.8. The lowest BCUT2D eigenvalue weighted by Crippen LogP contribution is -2.50. The molecule has 2 aromatic rings. The van der Waals surface area contributed by atoms with Crippen LogP contribution in [0.1, 0.15) is 27.8 Å². The predicted molar refractivity (Wildman–Crippen MR) is 93.8 cm³/mol. The van der Waals surface area contributed by atoms with Gasteiger partial charge in [0.15, 0.2) is 0 Å². The van der Waals surface area contributed by atoms with Gasteiger partial charge in [-0.1, -0.05) is 18.2 Å². The molecule has 1 saturated heterocycles. The number of benzene rings is 1. The molecule has 1 unspecified atom stereocenters. The fourth-order valence-corrected chi connectivity index (χ4v) is 3.27. The average Bonchev–Trinajstić information content (AvgIpc) is 3.01. The van der Waals surface area contributed by atoms with E-state index in [-0.39, 0.29) is 18.4 Å². The molecule has 2 heterocycles. The average molecular weight is 341 g/mol. The lowest BCUT2D eigenvalue weighted by atomic mass is 10.0. The van der Waals surface area contributed by atoms with Crippen molar-refractivity contribution in [3.8, 4) is 0 Å². The molecule has 25 heavy (non-hydrogen) atoms. The van der Waals surface area contributed by atoms with Gasteiger partial charge < -0.3 is 15.2 Å². The molecule has 1 aliphatic heterocycles. The summed E-state index contributed by atoms with van der Waals surface area (Å²) in [5, 5.41) is 0. The van der Waals surface area contributed by atoms with Gasteiger partial charge in [-0.2, -0.15) is 0 Å². The molecule has 2 amide bonds. The Labute approximate surface area is 147 Å². The highest BCUT2D eigenvalue weighted by atomic mass is 16.2. The number of nitrogens with two attached hydrogens (primary N) is 1. The molecule has 7 nitrogen and oxygen atoms in total. The Hall–Kier alpha value is -2.67.